The van der Waals surface area contributed by atoms with Crippen LogP contribution in [0, 0.1) is 0 Å². The lowest BCUT2D eigenvalue weighted by atomic mass is 10.2. The van der Waals surface area contributed by atoms with Crippen LogP contribution in [0.25, 0.3) is 10.1 Å². The van der Waals surface area contributed by atoms with E-state index in [1.165, 1.54) is 0 Å². The number of fused-ring (bicyclic) bond motifs is 1. The molecular weight excluding hydrogens is 334 g/mol. The van der Waals surface area contributed by atoms with Crippen LogP contribution in [0.5, 0.6) is 5.75 Å². The van der Waals surface area contributed by atoms with Crippen molar-refractivity contribution in [3.05, 3.63) is 57.9 Å². The predicted molar refractivity (Wildman–Crippen MR) is 89.5 cm³/mol. The fourth-order valence-electron chi connectivity index (χ4n) is 2.07. The van der Waals surface area contributed by atoms with Crippen molar-refractivity contribution in [1.82, 2.24) is 0 Å². The smallest absolute Gasteiger partial charge is 0.143 e. The zero-order chi connectivity index (χ0) is 14.1. The molecule has 0 bridgehead atoms. The van der Waals surface area contributed by atoms with Crippen molar-refractivity contribution in [1.29, 1.82) is 0 Å². The lowest BCUT2D eigenvalue weighted by Gasteiger charge is -2.00. The standard InChI is InChI=1S/C16H12BrNOS/c1-10(18-12-6-4-5-11(17)9-12)16-15(19)13-7-2-3-8-14(13)20-16/h2-9,19H,1H3. The van der Waals surface area contributed by atoms with Gasteiger partial charge in [0.15, 0.2) is 0 Å². The predicted octanol–water partition coefficient (Wildman–Crippen LogP) is 5.51. The summed E-state index contributed by atoms with van der Waals surface area (Å²) >= 11 is 5.00. The van der Waals surface area contributed by atoms with Crippen molar-refractivity contribution in [3.8, 4) is 5.75 Å². The summed E-state index contributed by atoms with van der Waals surface area (Å²) in [5.41, 5.74) is 1.69. The molecule has 0 radical (unpaired) electrons. The summed E-state index contributed by atoms with van der Waals surface area (Å²) in [6.45, 7) is 1.92. The largest absolute Gasteiger partial charge is 0.506 e. The van der Waals surface area contributed by atoms with Gasteiger partial charge in [-0.1, -0.05) is 34.1 Å². The Morgan fingerprint density at radius 2 is 1.95 bits per heavy atom. The third kappa shape index (κ3) is 2.49. The molecule has 1 heterocycles. The van der Waals surface area contributed by atoms with Crippen molar-refractivity contribution < 1.29 is 5.11 Å². The van der Waals surface area contributed by atoms with Crippen LogP contribution in [0.1, 0.15) is 11.8 Å². The van der Waals surface area contributed by atoms with Crippen LogP contribution in [-0.4, -0.2) is 10.8 Å². The van der Waals surface area contributed by atoms with Crippen LogP contribution in [-0.2, 0) is 0 Å². The van der Waals surface area contributed by atoms with E-state index in [4.69, 9.17) is 0 Å². The Kier molecular flexibility index (Phi) is 3.59. The molecule has 0 spiro atoms. The highest BCUT2D eigenvalue weighted by Gasteiger charge is 2.12. The molecule has 4 heteroatoms. The molecule has 2 aromatic carbocycles. The fourth-order valence-corrected chi connectivity index (χ4v) is 3.50. The number of hydrogen-bond donors (Lipinski definition) is 1. The number of rotatable bonds is 2. The maximum Gasteiger partial charge on any atom is 0.143 e. The van der Waals surface area contributed by atoms with E-state index in [0.29, 0.717) is 5.75 Å². The summed E-state index contributed by atoms with van der Waals surface area (Å²) in [5.74, 6) is 0.321. The SMILES string of the molecule is CC(=Nc1cccc(Br)c1)c1sc2ccccc2c1O. The van der Waals surface area contributed by atoms with Crippen LogP contribution >= 0.6 is 27.3 Å². The molecule has 1 N–H and O–H groups in total. The molecule has 0 aliphatic heterocycles. The lowest BCUT2D eigenvalue weighted by molar-refractivity contribution is 0.482. The molecule has 0 aliphatic rings. The van der Waals surface area contributed by atoms with E-state index in [0.717, 1.165) is 30.8 Å². The summed E-state index contributed by atoms with van der Waals surface area (Å²) < 4.78 is 2.07. The minimum absolute atomic E-state index is 0.321. The molecule has 3 rings (SSSR count). The van der Waals surface area contributed by atoms with Gasteiger partial charge in [0.2, 0.25) is 0 Å². The van der Waals surface area contributed by atoms with E-state index in [-0.39, 0.29) is 0 Å². The summed E-state index contributed by atoms with van der Waals surface area (Å²) in [5, 5.41) is 11.2. The van der Waals surface area contributed by atoms with E-state index >= 15 is 0 Å². The van der Waals surface area contributed by atoms with Gasteiger partial charge in [-0.25, -0.2) is 0 Å². The Hall–Kier alpha value is -1.65. The Balaban J connectivity index is 2.08. The zero-order valence-corrected chi connectivity index (χ0v) is 13.2. The van der Waals surface area contributed by atoms with Crippen molar-refractivity contribution in [2.75, 3.05) is 0 Å². The molecule has 2 nitrogen and oxygen atoms in total. The summed E-state index contributed by atoms with van der Waals surface area (Å²) in [7, 11) is 0. The molecule has 1 aromatic heterocycles. The number of thiophene rings is 1. The van der Waals surface area contributed by atoms with Gasteiger partial charge in [0.25, 0.3) is 0 Å². The summed E-state index contributed by atoms with van der Waals surface area (Å²) in [6, 6.07) is 15.6. The molecule has 0 aliphatic carbocycles. The monoisotopic (exact) mass is 345 g/mol. The normalized spacial score (nSPS) is 12.0. The Morgan fingerprint density at radius 1 is 1.15 bits per heavy atom. The maximum absolute atomic E-state index is 10.3. The second-order valence-electron chi connectivity index (χ2n) is 4.45. The molecule has 100 valence electrons. The molecule has 0 fully saturated rings. The first-order chi connectivity index (χ1) is 9.65. The van der Waals surface area contributed by atoms with Crippen LogP contribution in [0.2, 0.25) is 0 Å². The van der Waals surface area contributed by atoms with Crippen LogP contribution in [0.3, 0.4) is 0 Å². The highest BCUT2D eigenvalue weighted by molar-refractivity contribution is 9.10. The topological polar surface area (TPSA) is 32.6 Å². The average Bonchev–Trinajstić information content (AvgIpc) is 2.77. The van der Waals surface area contributed by atoms with Crippen LogP contribution in [0.15, 0.2) is 58.0 Å². The fraction of sp³-hybridized carbons (Fsp3) is 0.0625. The van der Waals surface area contributed by atoms with Crippen LogP contribution < -0.4 is 0 Å². The lowest BCUT2D eigenvalue weighted by Crippen LogP contribution is -1.89. The van der Waals surface area contributed by atoms with Gasteiger partial charge in [-0.2, -0.15) is 0 Å². The van der Waals surface area contributed by atoms with Gasteiger partial charge in [-0.15, -0.1) is 11.3 Å². The number of hydrogen-bond acceptors (Lipinski definition) is 3. The first kappa shape index (κ1) is 13.3. The minimum atomic E-state index is 0.321. The van der Waals surface area contributed by atoms with E-state index in [1.54, 1.807) is 11.3 Å². The second kappa shape index (κ2) is 5.38. The first-order valence-electron chi connectivity index (χ1n) is 6.17. The number of nitrogens with zero attached hydrogens (tertiary/aromatic N) is 1. The molecule has 0 atom stereocenters. The number of benzene rings is 2. The maximum atomic E-state index is 10.3. The van der Waals surface area contributed by atoms with E-state index in [2.05, 4.69) is 20.9 Å². The van der Waals surface area contributed by atoms with Crippen molar-refractivity contribution in [3.63, 3.8) is 0 Å². The summed E-state index contributed by atoms with van der Waals surface area (Å²) in [6.07, 6.45) is 0. The van der Waals surface area contributed by atoms with Crippen molar-refractivity contribution >= 4 is 48.8 Å². The third-order valence-corrected chi connectivity index (χ3v) is 4.76. The van der Waals surface area contributed by atoms with E-state index in [9.17, 15) is 5.11 Å². The molecule has 0 amide bonds. The van der Waals surface area contributed by atoms with Crippen molar-refractivity contribution in [2.24, 2.45) is 4.99 Å². The quantitative estimate of drug-likeness (QED) is 0.610. The number of aliphatic imine (C=N–C) groups is 1. The van der Waals surface area contributed by atoms with Gasteiger partial charge in [-0.05, 0) is 37.3 Å². The van der Waals surface area contributed by atoms with Gasteiger partial charge in [0.05, 0.1) is 16.3 Å². The Bertz CT molecular complexity index is 807. The number of halogens is 1. The molecule has 3 aromatic rings. The molecular formula is C16H12BrNOS. The minimum Gasteiger partial charge on any atom is -0.506 e. The number of aromatic hydroxyl groups is 1. The third-order valence-electron chi connectivity index (χ3n) is 3.00. The van der Waals surface area contributed by atoms with Gasteiger partial charge >= 0.3 is 0 Å². The molecule has 0 saturated heterocycles. The summed E-state index contributed by atoms with van der Waals surface area (Å²) in [4.78, 5) is 5.41. The molecule has 0 unspecified atom stereocenters. The molecule has 20 heavy (non-hydrogen) atoms. The van der Waals surface area contributed by atoms with Gasteiger partial charge in [-0.3, -0.25) is 4.99 Å². The molecule has 0 saturated carbocycles. The Labute approximate surface area is 129 Å². The van der Waals surface area contributed by atoms with E-state index < -0.39 is 0 Å². The zero-order valence-electron chi connectivity index (χ0n) is 10.8. The van der Waals surface area contributed by atoms with Crippen molar-refractivity contribution in [2.45, 2.75) is 6.92 Å². The highest BCUT2D eigenvalue weighted by atomic mass is 79.9. The first-order valence-corrected chi connectivity index (χ1v) is 7.78. The second-order valence-corrected chi connectivity index (χ2v) is 6.42. The highest BCUT2D eigenvalue weighted by Crippen LogP contribution is 2.37. The van der Waals surface area contributed by atoms with Gasteiger partial charge < -0.3 is 5.11 Å². The van der Waals surface area contributed by atoms with E-state index in [1.807, 2.05) is 55.5 Å². The van der Waals surface area contributed by atoms with Crippen LogP contribution in [0.4, 0.5) is 5.69 Å². The van der Waals surface area contributed by atoms with Gasteiger partial charge in [0.1, 0.15) is 5.75 Å². The van der Waals surface area contributed by atoms with Gasteiger partial charge in [0, 0.05) is 14.6 Å². The average molecular weight is 346 g/mol. The Morgan fingerprint density at radius 3 is 2.70 bits per heavy atom.